The van der Waals surface area contributed by atoms with E-state index in [1.165, 1.54) is 18.4 Å². The summed E-state index contributed by atoms with van der Waals surface area (Å²) in [6, 6.07) is 10.8. The number of benzene rings is 1. The van der Waals surface area contributed by atoms with Crippen LogP contribution in [-0.2, 0) is 9.84 Å². The number of hydrogen-bond donors (Lipinski definition) is 2. The number of rotatable bonds is 8. The molecule has 1 aliphatic rings. The first kappa shape index (κ1) is 26.2. The standard InChI is InChI=1S/C21H36N4O2S.HI/c1-5-22-20(23-13-16-28(26,27)21(2,3)4)24-17-19(25-14-9-10-15-25)18-11-7-6-8-12-18;/h6-8,11-12,19H,5,9-10,13-17H2,1-4H3,(H2,22,23,24);1H. The van der Waals surface area contributed by atoms with E-state index in [-0.39, 0.29) is 35.8 Å². The van der Waals surface area contributed by atoms with E-state index in [0.717, 1.165) is 19.6 Å². The second kappa shape index (κ2) is 12.1. The Labute approximate surface area is 193 Å². The van der Waals surface area contributed by atoms with Crippen LogP contribution in [0.2, 0.25) is 0 Å². The number of likely N-dealkylation sites (tertiary alicyclic amines) is 1. The van der Waals surface area contributed by atoms with Crippen LogP contribution in [0.25, 0.3) is 0 Å². The Kier molecular flexibility index (Phi) is 10.9. The molecule has 0 radical (unpaired) electrons. The summed E-state index contributed by atoms with van der Waals surface area (Å²) in [4.78, 5) is 7.27. The minimum Gasteiger partial charge on any atom is -0.357 e. The van der Waals surface area contributed by atoms with Crippen LogP contribution in [0.4, 0.5) is 0 Å². The molecule has 1 unspecified atom stereocenters. The normalized spacial score (nSPS) is 16.9. The molecule has 29 heavy (non-hydrogen) atoms. The fourth-order valence-electron chi connectivity index (χ4n) is 3.29. The van der Waals surface area contributed by atoms with Gasteiger partial charge in [-0.05, 0) is 59.2 Å². The van der Waals surface area contributed by atoms with Crippen LogP contribution in [0, 0.1) is 0 Å². The first-order valence-electron chi connectivity index (χ1n) is 10.3. The topological polar surface area (TPSA) is 73.8 Å². The highest BCUT2D eigenvalue weighted by atomic mass is 127. The van der Waals surface area contributed by atoms with Crippen molar-refractivity contribution in [1.82, 2.24) is 15.5 Å². The van der Waals surface area contributed by atoms with E-state index in [2.05, 4.69) is 39.8 Å². The summed E-state index contributed by atoms with van der Waals surface area (Å²) in [7, 11) is -3.15. The fraction of sp³-hybridized carbons (Fsp3) is 0.667. The Hall–Kier alpha value is -0.870. The van der Waals surface area contributed by atoms with Gasteiger partial charge >= 0.3 is 0 Å². The Morgan fingerprint density at radius 2 is 1.76 bits per heavy atom. The molecule has 0 aromatic heterocycles. The quantitative estimate of drug-likeness (QED) is 0.303. The molecule has 0 aliphatic carbocycles. The lowest BCUT2D eigenvalue weighted by Crippen LogP contribution is -2.42. The first-order chi connectivity index (χ1) is 13.2. The number of nitrogens with zero attached hydrogens (tertiary/aromatic N) is 2. The van der Waals surface area contributed by atoms with Gasteiger partial charge in [0.1, 0.15) is 0 Å². The molecule has 0 spiro atoms. The number of sulfone groups is 1. The van der Waals surface area contributed by atoms with Crippen molar-refractivity contribution in [3.05, 3.63) is 35.9 Å². The van der Waals surface area contributed by atoms with Gasteiger partial charge in [-0.2, -0.15) is 0 Å². The molecule has 1 saturated heterocycles. The molecule has 1 heterocycles. The Morgan fingerprint density at radius 3 is 2.31 bits per heavy atom. The summed E-state index contributed by atoms with van der Waals surface area (Å²) >= 11 is 0. The minimum absolute atomic E-state index is 0. The van der Waals surface area contributed by atoms with Crippen molar-refractivity contribution in [2.45, 2.75) is 51.3 Å². The maximum Gasteiger partial charge on any atom is 0.191 e. The SMILES string of the molecule is CCNC(=NCC(c1ccccc1)N1CCCC1)NCCS(=O)(=O)C(C)(C)C.I. The molecule has 1 aliphatic heterocycles. The third-order valence-corrected chi connectivity index (χ3v) is 7.74. The van der Waals surface area contributed by atoms with Crippen LogP contribution >= 0.6 is 24.0 Å². The summed E-state index contributed by atoms with van der Waals surface area (Å²) in [5, 5.41) is 6.42. The molecular weight excluding hydrogens is 499 g/mol. The van der Waals surface area contributed by atoms with Gasteiger partial charge in [0.15, 0.2) is 15.8 Å². The molecule has 1 atom stereocenters. The number of nitrogens with one attached hydrogen (secondary N) is 2. The predicted octanol–water partition coefficient (Wildman–Crippen LogP) is 3.21. The third kappa shape index (κ3) is 8.05. The summed E-state index contributed by atoms with van der Waals surface area (Å²) in [5.74, 6) is 0.765. The molecule has 0 amide bonds. The van der Waals surface area contributed by atoms with E-state index in [1.807, 2.05) is 13.0 Å². The van der Waals surface area contributed by atoms with Crippen LogP contribution in [0.3, 0.4) is 0 Å². The number of aliphatic imine (C=N–C) groups is 1. The third-order valence-electron chi connectivity index (χ3n) is 5.13. The molecular formula is C21H37IN4O2S. The second-order valence-electron chi connectivity index (χ2n) is 8.25. The lowest BCUT2D eigenvalue weighted by molar-refractivity contribution is 0.251. The average Bonchev–Trinajstić information content (AvgIpc) is 3.16. The summed E-state index contributed by atoms with van der Waals surface area (Å²) in [6.45, 7) is 11.2. The molecule has 6 nitrogen and oxygen atoms in total. The molecule has 1 fully saturated rings. The van der Waals surface area contributed by atoms with Gasteiger partial charge in [-0.1, -0.05) is 30.3 Å². The Balaban J connectivity index is 0.00000420. The zero-order valence-corrected chi connectivity index (χ0v) is 21.3. The first-order valence-corrected chi connectivity index (χ1v) is 11.9. The fourth-order valence-corrected chi connectivity index (χ4v) is 4.27. The maximum absolute atomic E-state index is 12.3. The van der Waals surface area contributed by atoms with Gasteiger partial charge < -0.3 is 10.6 Å². The Bertz CT molecular complexity index is 727. The van der Waals surface area contributed by atoms with Crippen LogP contribution in [-0.4, -0.2) is 62.5 Å². The number of guanidine groups is 1. The highest BCUT2D eigenvalue weighted by Gasteiger charge is 2.28. The van der Waals surface area contributed by atoms with E-state index in [4.69, 9.17) is 4.99 Å². The van der Waals surface area contributed by atoms with E-state index >= 15 is 0 Å². The monoisotopic (exact) mass is 536 g/mol. The van der Waals surface area contributed by atoms with Crippen molar-refractivity contribution in [3.63, 3.8) is 0 Å². The molecule has 0 saturated carbocycles. The van der Waals surface area contributed by atoms with Crippen LogP contribution < -0.4 is 10.6 Å². The van der Waals surface area contributed by atoms with Crippen molar-refractivity contribution >= 4 is 39.8 Å². The van der Waals surface area contributed by atoms with E-state index in [0.29, 0.717) is 19.0 Å². The zero-order chi connectivity index (χ0) is 20.6. The predicted molar refractivity (Wildman–Crippen MR) is 133 cm³/mol. The van der Waals surface area contributed by atoms with Crippen molar-refractivity contribution in [2.24, 2.45) is 4.99 Å². The minimum atomic E-state index is -3.15. The summed E-state index contributed by atoms with van der Waals surface area (Å²) < 4.78 is 23.9. The zero-order valence-electron chi connectivity index (χ0n) is 18.1. The highest BCUT2D eigenvalue weighted by Crippen LogP contribution is 2.25. The highest BCUT2D eigenvalue weighted by molar-refractivity contribution is 14.0. The van der Waals surface area contributed by atoms with Gasteiger partial charge in [0.05, 0.1) is 23.1 Å². The van der Waals surface area contributed by atoms with Crippen LogP contribution in [0.15, 0.2) is 35.3 Å². The van der Waals surface area contributed by atoms with Crippen molar-refractivity contribution in [1.29, 1.82) is 0 Å². The van der Waals surface area contributed by atoms with Gasteiger partial charge in [-0.25, -0.2) is 8.42 Å². The molecule has 1 aromatic carbocycles. The second-order valence-corrected chi connectivity index (χ2v) is 11.1. The van der Waals surface area contributed by atoms with Gasteiger partial charge in [-0.3, -0.25) is 9.89 Å². The van der Waals surface area contributed by atoms with Gasteiger partial charge in [-0.15, -0.1) is 24.0 Å². The number of hydrogen-bond acceptors (Lipinski definition) is 4. The summed E-state index contributed by atoms with van der Waals surface area (Å²) in [5.41, 5.74) is 1.28. The van der Waals surface area contributed by atoms with E-state index in [9.17, 15) is 8.42 Å². The maximum atomic E-state index is 12.3. The molecule has 2 N–H and O–H groups in total. The molecule has 1 aromatic rings. The van der Waals surface area contributed by atoms with Gasteiger partial charge in [0.25, 0.3) is 0 Å². The largest absolute Gasteiger partial charge is 0.357 e. The van der Waals surface area contributed by atoms with Crippen molar-refractivity contribution < 1.29 is 8.42 Å². The Morgan fingerprint density at radius 1 is 1.14 bits per heavy atom. The van der Waals surface area contributed by atoms with Gasteiger partial charge in [0.2, 0.25) is 0 Å². The van der Waals surface area contributed by atoms with Crippen LogP contribution in [0.1, 0.15) is 52.1 Å². The lowest BCUT2D eigenvalue weighted by Gasteiger charge is -2.27. The van der Waals surface area contributed by atoms with E-state index < -0.39 is 14.6 Å². The molecule has 2 rings (SSSR count). The smallest absolute Gasteiger partial charge is 0.191 e. The molecule has 0 bridgehead atoms. The van der Waals surface area contributed by atoms with E-state index in [1.54, 1.807) is 20.8 Å². The molecule has 8 heteroatoms. The summed E-state index contributed by atoms with van der Waals surface area (Å²) in [6.07, 6.45) is 2.46. The number of halogens is 1. The average molecular weight is 537 g/mol. The van der Waals surface area contributed by atoms with Crippen molar-refractivity contribution in [3.8, 4) is 0 Å². The van der Waals surface area contributed by atoms with Crippen LogP contribution in [0.5, 0.6) is 0 Å². The lowest BCUT2D eigenvalue weighted by atomic mass is 10.1. The van der Waals surface area contributed by atoms with Crippen molar-refractivity contribution in [2.75, 3.05) is 38.5 Å². The van der Waals surface area contributed by atoms with Gasteiger partial charge in [0, 0.05) is 13.1 Å². The molecule has 166 valence electrons.